The van der Waals surface area contributed by atoms with Crippen molar-refractivity contribution in [2.75, 3.05) is 6.61 Å². The number of rotatable bonds is 7. The summed E-state index contributed by atoms with van der Waals surface area (Å²) in [5.74, 6) is 0.950. The van der Waals surface area contributed by atoms with E-state index in [1.165, 1.54) is 5.56 Å². The molecule has 0 bridgehead atoms. The summed E-state index contributed by atoms with van der Waals surface area (Å²) < 4.78 is 5.62. The van der Waals surface area contributed by atoms with Crippen LogP contribution in [0.2, 0.25) is 0 Å². The Labute approximate surface area is 109 Å². The summed E-state index contributed by atoms with van der Waals surface area (Å²) in [6.07, 6.45) is 3.95. The van der Waals surface area contributed by atoms with Gasteiger partial charge in [-0.05, 0) is 37.0 Å². The van der Waals surface area contributed by atoms with E-state index in [9.17, 15) is 5.11 Å². The number of aliphatic hydroxyl groups excluding tert-OH is 1. The molecule has 100 valence electrons. The van der Waals surface area contributed by atoms with Crippen LogP contribution in [-0.4, -0.2) is 23.9 Å². The van der Waals surface area contributed by atoms with Crippen LogP contribution in [0.3, 0.4) is 0 Å². The predicted octanol–water partition coefficient (Wildman–Crippen LogP) is 2.48. The van der Waals surface area contributed by atoms with E-state index in [1.807, 2.05) is 12.1 Å². The summed E-state index contributed by atoms with van der Waals surface area (Å²) >= 11 is 0. The highest BCUT2D eigenvalue weighted by Crippen LogP contribution is 2.20. The van der Waals surface area contributed by atoms with E-state index in [0.29, 0.717) is 6.04 Å². The molecule has 0 atom stereocenters. The van der Waals surface area contributed by atoms with E-state index in [4.69, 9.17) is 4.74 Å². The molecule has 0 aromatic heterocycles. The molecule has 1 aromatic rings. The molecule has 1 saturated carbocycles. The molecule has 1 aliphatic carbocycles. The topological polar surface area (TPSA) is 41.5 Å². The molecular formula is C15H23NO2. The van der Waals surface area contributed by atoms with Crippen LogP contribution in [0.4, 0.5) is 0 Å². The van der Waals surface area contributed by atoms with E-state index in [-0.39, 0.29) is 6.10 Å². The lowest BCUT2D eigenvalue weighted by Gasteiger charge is -2.32. The van der Waals surface area contributed by atoms with Gasteiger partial charge in [0.1, 0.15) is 5.75 Å². The average Bonchev–Trinajstić information content (AvgIpc) is 2.35. The lowest BCUT2D eigenvalue weighted by Crippen LogP contribution is -2.43. The second-order valence-corrected chi connectivity index (χ2v) is 5.05. The highest BCUT2D eigenvalue weighted by atomic mass is 16.5. The highest BCUT2D eigenvalue weighted by molar-refractivity contribution is 5.27. The second-order valence-electron chi connectivity index (χ2n) is 5.05. The van der Waals surface area contributed by atoms with Crippen LogP contribution in [0.25, 0.3) is 0 Å². The van der Waals surface area contributed by atoms with Gasteiger partial charge in [-0.2, -0.15) is 0 Å². The zero-order valence-corrected chi connectivity index (χ0v) is 11.1. The maximum absolute atomic E-state index is 9.20. The number of aliphatic hydroxyl groups is 1. The van der Waals surface area contributed by atoms with Gasteiger partial charge in [-0.1, -0.05) is 25.5 Å². The molecule has 1 aliphatic rings. The van der Waals surface area contributed by atoms with Gasteiger partial charge in [-0.15, -0.1) is 0 Å². The summed E-state index contributed by atoms with van der Waals surface area (Å²) in [5.41, 5.74) is 1.26. The minimum atomic E-state index is -0.0863. The first kappa shape index (κ1) is 13.4. The van der Waals surface area contributed by atoms with Crippen LogP contribution in [0.5, 0.6) is 5.75 Å². The summed E-state index contributed by atoms with van der Waals surface area (Å²) in [4.78, 5) is 0. The Bertz CT molecular complexity index is 344. The van der Waals surface area contributed by atoms with Gasteiger partial charge < -0.3 is 15.2 Å². The standard InChI is InChI=1S/C15H23NO2/c1-2-3-8-18-15-6-4-12(5-7-15)11-16-13-9-14(17)10-13/h4-7,13-14,16-17H,2-3,8-11H2,1H3. The van der Waals surface area contributed by atoms with Gasteiger partial charge in [0.2, 0.25) is 0 Å². The van der Waals surface area contributed by atoms with Crippen LogP contribution in [0, 0.1) is 0 Å². The Kier molecular flexibility index (Phi) is 5.02. The van der Waals surface area contributed by atoms with Crippen molar-refractivity contribution in [1.82, 2.24) is 5.32 Å². The molecule has 0 radical (unpaired) electrons. The van der Waals surface area contributed by atoms with E-state index in [1.54, 1.807) is 0 Å². The summed E-state index contributed by atoms with van der Waals surface area (Å²) in [6, 6.07) is 8.75. The molecule has 2 N–H and O–H groups in total. The van der Waals surface area contributed by atoms with E-state index < -0.39 is 0 Å². The molecule has 0 saturated heterocycles. The van der Waals surface area contributed by atoms with Crippen LogP contribution in [0.1, 0.15) is 38.2 Å². The number of ether oxygens (including phenoxy) is 1. The van der Waals surface area contributed by atoms with Crippen molar-refractivity contribution >= 4 is 0 Å². The predicted molar refractivity (Wildman–Crippen MR) is 72.7 cm³/mol. The van der Waals surface area contributed by atoms with Gasteiger partial charge >= 0.3 is 0 Å². The third-order valence-electron chi connectivity index (χ3n) is 3.40. The fourth-order valence-electron chi connectivity index (χ4n) is 2.05. The van der Waals surface area contributed by atoms with Crippen LogP contribution >= 0.6 is 0 Å². The molecule has 1 fully saturated rings. The molecule has 0 unspecified atom stereocenters. The summed E-state index contributed by atoms with van der Waals surface area (Å²) in [6.45, 7) is 3.83. The smallest absolute Gasteiger partial charge is 0.119 e. The molecule has 0 heterocycles. The monoisotopic (exact) mass is 249 g/mol. The maximum atomic E-state index is 9.20. The third kappa shape index (κ3) is 4.00. The van der Waals surface area contributed by atoms with E-state index in [0.717, 1.165) is 44.6 Å². The molecule has 0 amide bonds. The third-order valence-corrected chi connectivity index (χ3v) is 3.40. The summed E-state index contributed by atoms with van der Waals surface area (Å²) in [7, 11) is 0. The Morgan fingerprint density at radius 3 is 2.61 bits per heavy atom. The number of nitrogens with one attached hydrogen (secondary N) is 1. The van der Waals surface area contributed by atoms with Crippen molar-refractivity contribution in [1.29, 1.82) is 0 Å². The molecule has 3 nitrogen and oxygen atoms in total. The second kappa shape index (κ2) is 6.76. The van der Waals surface area contributed by atoms with Gasteiger partial charge in [0.05, 0.1) is 12.7 Å². The Balaban J connectivity index is 1.70. The zero-order valence-electron chi connectivity index (χ0n) is 11.1. The average molecular weight is 249 g/mol. The van der Waals surface area contributed by atoms with Crippen molar-refractivity contribution in [2.45, 2.75) is 51.3 Å². The van der Waals surface area contributed by atoms with Crippen LogP contribution in [-0.2, 0) is 6.54 Å². The molecule has 18 heavy (non-hydrogen) atoms. The van der Waals surface area contributed by atoms with E-state index in [2.05, 4.69) is 24.4 Å². The van der Waals surface area contributed by atoms with Gasteiger partial charge in [-0.25, -0.2) is 0 Å². The van der Waals surface area contributed by atoms with Crippen LogP contribution < -0.4 is 10.1 Å². The van der Waals surface area contributed by atoms with Crippen LogP contribution in [0.15, 0.2) is 24.3 Å². The Morgan fingerprint density at radius 2 is 2.00 bits per heavy atom. The fourth-order valence-corrected chi connectivity index (χ4v) is 2.05. The molecule has 0 aliphatic heterocycles. The number of unbranched alkanes of at least 4 members (excludes halogenated alkanes) is 1. The molecule has 2 rings (SSSR count). The van der Waals surface area contributed by atoms with Gasteiger partial charge in [-0.3, -0.25) is 0 Å². The molecule has 3 heteroatoms. The van der Waals surface area contributed by atoms with Gasteiger partial charge in [0.25, 0.3) is 0 Å². The zero-order chi connectivity index (χ0) is 12.8. The van der Waals surface area contributed by atoms with Gasteiger partial charge in [0.15, 0.2) is 0 Å². The fraction of sp³-hybridized carbons (Fsp3) is 0.600. The van der Waals surface area contributed by atoms with Crippen molar-refractivity contribution in [3.8, 4) is 5.75 Å². The Morgan fingerprint density at radius 1 is 1.28 bits per heavy atom. The van der Waals surface area contributed by atoms with E-state index >= 15 is 0 Å². The maximum Gasteiger partial charge on any atom is 0.119 e. The SMILES string of the molecule is CCCCOc1ccc(CNC2CC(O)C2)cc1. The highest BCUT2D eigenvalue weighted by Gasteiger charge is 2.26. The lowest BCUT2D eigenvalue weighted by atomic mass is 9.89. The molecule has 1 aromatic carbocycles. The number of hydrogen-bond acceptors (Lipinski definition) is 3. The minimum Gasteiger partial charge on any atom is -0.494 e. The van der Waals surface area contributed by atoms with Crippen molar-refractivity contribution in [3.05, 3.63) is 29.8 Å². The van der Waals surface area contributed by atoms with Gasteiger partial charge in [0, 0.05) is 12.6 Å². The van der Waals surface area contributed by atoms with Crippen molar-refractivity contribution < 1.29 is 9.84 Å². The molecular weight excluding hydrogens is 226 g/mol. The largest absolute Gasteiger partial charge is 0.494 e. The normalized spacial score (nSPS) is 22.6. The summed E-state index contributed by atoms with van der Waals surface area (Å²) in [5, 5.41) is 12.6. The Hall–Kier alpha value is -1.06. The first-order valence-electron chi connectivity index (χ1n) is 6.91. The number of benzene rings is 1. The number of hydrogen-bond donors (Lipinski definition) is 2. The lowest BCUT2D eigenvalue weighted by molar-refractivity contribution is 0.0619. The van der Waals surface area contributed by atoms with Crippen molar-refractivity contribution in [2.24, 2.45) is 0 Å². The first-order chi connectivity index (χ1) is 8.78. The minimum absolute atomic E-state index is 0.0863. The van der Waals surface area contributed by atoms with Crippen molar-refractivity contribution in [3.63, 3.8) is 0 Å². The first-order valence-corrected chi connectivity index (χ1v) is 6.91. The quantitative estimate of drug-likeness (QED) is 0.729. The molecule has 0 spiro atoms.